The Hall–Kier alpha value is -0.880. The van der Waals surface area contributed by atoms with Crippen molar-refractivity contribution in [3.05, 3.63) is 24.2 Å². The van der Waals surface area contributed by atoms with Crippen LogP contribution in [-0.4, -0.2) is 55.1 Å². The number of hydrogen-bond acceptors (Lipinski definition) is 5. The van der Waals surface area contributed by atoms with Gasteiger partial charge in [0.2, 0.25) is 0 Å². The molecule has 0 aliphatic heterocycles. The van der Waals surface area contributed by atoms with Crippen LogP contribution in [0.4, 0.5) is 0 Å². The Kier molecular flexibility index (Phi) is 7.96. The molecule has 0 bridgehead atoms. The number of hydrogen-bond donors (Lipinski definition) is 1. The molecule has 1 heterocycles. The summed E-state index contributed by atoms with van der Waals surface area (Å²) in [5, 5.41) is 10.1. The summed E-state index contributed by atoms with van der Waals surface area (Å²) in [6, 6.07) is 3.82. The quantitative estimate of drug-likeness (QED) is 0.672. The van der Waals surface area contributed by atoms with Crippen molar-refractivity contribution in [2.24, 2.45) is 0 Å². The van der Waals surface area contributed by atoms with Crippen molar-refractivity contribution in [2.45, 2.75) is 45.4 Å². The lowest BCUT2D eigenvalue weighted by molar-refractivity contribution is -0.0572. The minimum absolute atomic E-state index is 0.233. The minimum Gasteiger partial charge on any atom is -0.468 e. The number of aliphatic hydroxyl groups is 1. The zero-order valence-electron chi connectivity index (χ0n) is 13.7. The summed E-state index contributed by atoms with van der Waals surface area (Å²) in [5.41, 5.74) is -0.233. The first-order valence-electron chi connectivity index (χ1n) is 7.46. The zero-order chi connectivity index (χ0) is 15.7. The van der Waals surface area contributed by atoms with Gasteiger partial charge >= 0.3 is 0 Å². The second-order valence-electron chi connectivity index (χ2n) is 6.24. The van der Waals surface area contributed by atoms with Crippen LogP contribution in [0.25, 0.3) is 0 Å². The minimum atomic E-state index is -0.512. The van der Waals surface area contributed by atoms with E-state index in [2.05, 4.69) is 4.90 Å². The van der Waals surface area contributed by atoms with Gasteiger partial charge in [-0.3, -0.25) is 4.90 Å². The summed E-state index contributed by atoms with van der Waals surface area (Å²) in [6.07, 6.45) is 2.08. The third-order valence-electron chi connectivity index (χ3n) is 2.96. The molecule has 1 aromatic heterocycles. The third kappa shape index (κ3) is 8.88. The Labute approximate surface area is 127 Å². The van der Waals surface area contributed by atoms with Crippen LogP contribution in [0, 0.1) is 0 Å². The van der Waals surface area contributed by atoms with E-state index < -0.39 is 6.10 Å². The highest BCUT2D eigenvalue weighted by molar-refractivity contribution is 4.97. The molecule has 122 valence electrons. The van der Waals surface area contributed by atoms with Crippen LogP contribution in [0.2, 0.25) is 0 Å². The van der Waals surface area contributed by atoms with Crippen LogP contribution >= 0.6 is 0 Å². The molecular formula is C16H29NO4. The van der Waals surface area contributed by atoms with Crippen LogP contribution in [0.3, 0.4) is 0 Å². The molecule has 0 aromatic carbocycles. The maximum absolute atomic E-state index is 10.1. The van der Waals surface area contributed by atoms with Crippen molar-refractivity contribution < 1.29 is 19.0 Å². The van der Waals surface area contributed by atoms with E-state index >= 15 is 0 Å². The molecule has 5 nitrogen and oxygen atoms in total. The van der Waals surface area contributed by atoms with E-state index in [0.29, 0.717) is 26.3 Å². The molecule has 21 heavy (non-hydrogen) atoms. The fraction of sp³-hybridized carbons (Fsp3) is 0.750. The first kappa shape index (κ1) is 18.2. The standard InChI is InChI=1S/C16H29NO4/c1-16(2,3)21-13-14(18)11-17(8-6-9-19-4)12-15-7-5-10-20-15/h5,7,10,14,18H,6,8-9,11-13H2,1-4H3/t14-/m0/s1. The molecule has 0 amide bonds. The van der Waals surface area contributed by atoms with E-state index in [1.54, 1.807) is 13.4 Å². The lowest BCUT2D eigenvalue weighted by Crippen LogP contribution is -2.37. The largest absolute Gasteiger partial charge is 0.468 e. The molecular weight excluding hydrogens is 270 g/mol. The van der Waals surface area contributed by atoms with Gasteiger partial charge in [0.25, 0.3) is 0 Å². The fourth-order valence-corrected chi connectivity index (χ4v) is 1.99. The molecule has 0 saturated heterocycles. The van der Waals surface area contributed by atoms with Crippen molar-refractivity contribution in [3.8, 4) is 0 Å². The van der Waals surface area contributed by atoms with Crippen molar-refractivity contribution in [3.63, 3.8) is 0 Å². The number of furan rings is 1. The molecule has 0 aliphatic carbocycles. The van der Waals surface area contributed by atoms with Gasteiger partial charge in [-0.15, -0.1) is 0 Å². The van der Waals surface area contributed by atoms with Crippen molar-refractivity contribution >= 4 is 0 Å². The fourth-order valence-electron chi connectivity index (χ4n) is 1.99. The maximum atomic E-state index is 10.1. The molecule has 0 unspecified atom stereocenters. The maximum Gasteiger partial charge on any atom is 0.117 e. The van der Waals surface area contributed by atoms with Gasteiger partial charge in [0, 0.05) is 26.8 Å². The van der Waals surface area contributed by atoms with Gasteiger partial charge in [0.15, 0.2) is 0 Å². The van der Waals surface area contributed by atoms with E-state index in [4.69, 9.17) is 13.9 Å². The predicted octanol–water partition coefficient (Wildman–Crippen LogP) is 2.29. The van der Waals surface area contributed by atoms with Gasteiger partial charge in [-0.2, -0.15) is 0 Å². The highest BCUT2D eigenvalue weighted by atomic mass is 16.5. The normalized spacial score (nSPS) is 13.8. The smallest absolute Gasteiger partial charge is 0.117 e. The molecule has 1 rings (SSSR count). The monoisotopic (exact) mass is 299 g/mol. The number of aliphatic hydroxyl groups excluding tert-OH is 1. The first-order chi connectivity index (χ1) is 9.90. The molecule has 1 aromatic rings. The summed E-state index contributed by atoms with van der Waals surface area (Å²) in [7, 11) is 1.70. The molecule has 0 radical (unpaired) electrons. The summed E-state index contributed by atoms with van der Waals surface area (Å²) in [5.74, 6) is 0.899. The van der Waals surface area contributed by atoms with Crippen molar-refractivity contribution in [1.29, 1.82) is 0 Å². The van der Waals surface area contributed by atoms with E-state index in [9.17, 15) is 5.11 Å². The molecule has 1 atom stereocenters. The van der Waals surface area contributed by atoms with Gasteiger partial charge in [-0.25, -0.2) is 0 Å². The second kappa shape index (κ2) is 9.20. The predicted molar refractivity (Wildman–Crippen MR) is 82.2 cm³/mol. The Morgan fingerprint density at radius 1 is 1.38 bits per heavy atom. The summed E-state index contributed by atoms with van der Waals surface area (Å²) >= 11 is 0. The SMILES string of the molecule is COCCCN(Cc1ccco1)C[C@H](O)COC(C)(C)C. The number of rotatable bonds is 10. The topological polar surface area (TPSA) is 55.1 Å². The molecule has 5 heteroatoms. The summed E-state index contributed by atoms with van der Waals surface area (Å²) < 4.78 is 16.1. The van der Waals surface area contributed by atoms with Gasteiger partial charge in [0.05, 0.1) is 31.1 Å². The Bertz CT molecular complexity index is 359. The second-order valence-corrected chi connectivity index (χ2v) is 6.24. The van der Waals surface area contributed by atoms with E-state index in [1.807, 2.05) is 32.9 Å². The summed E-state index contributed by atoms with van der Waals surface area (Å²) in [6.45, 7) is 9.09. The van der Waals surface area contributed by atoms with Crippen LogP contribution in [-0.2, 0) is 16.0 Å². The van der Waals surface area contributed by atoms with Gasteiger partial charge in [0.1, 0.15) is 5.76 Å². The van der Waals surface area contributed by atoms with E-state index in [-0.39, 0.29) is 5.60 Å². The van der Waals surface area contributed by atoms with Gasteiger partial charge in [-0.05, 0) is 39.3 Å². The molecule has 0 saturated carbocycles. The zero-order valence-corrected chi connectivity index (χ0v) is 13.7. The van der Waals surface area contributed by atoms with Crippen LogP contribution in [0.5, 0.6) is 0 Å². The van der Waals surface area contributed by atoms with Crippen molar-refractivity contribution in [1.82, 2.24) is 4.90 Å². The molecule has 1 N–H and O–H groups in total. The first-order valence-corrected chi connectivity index (χ1v) is 7.46. The number of ether oxygens (including phenoxy) is 2. The highest BCUT2D eigenvalue weighted by Gasteiger charge is 2.17. The Morgan fingerprint density at radius 2 is 2.14 bits per heavy atom. The van der Waals surface area contributed by atoms with E-state index in [1.165, 1.54) is 0 Å². The van der Waals surface area contributed by atoms with Crippen LogP contribution in [0.1, 0.15) is 33.0 Å². The number of methoxy groups -OCH3 is 1. The van der Waals surface area contributed by atoms with Gasteiger partial charge in [-0.1, -0.05) is 0 Å². The Balaban J connectivity index is 2.43. The molecule has 0 spiro atoms. The molecule has 0 aliphatic rings. The Morgan fingerprint density at radius 3 is 2.71 bits per heavy atom. The highest BCUT2D eigenvalue weighted by Crippen LogP contribution is 2.10. The number of nitrogens with zero attached hydrogens (tertiary/aromatic N) is 1. The van der Waals surface area contributed by atoms with E-state index in [0.717, 1.165) is 18.7 Å². The average Bonchev–Trinajstić information content (AvgIpc) is 2.88. The lowest BCUT2D eigenvalue weighted by Gasteiger charge is -2.26. The van der Waals surface area contributed by atoms with Crippen LogP contribution < -0.4 is 0 Å². The van der Waals surface area contributed by atoms with Crippen molar-refractivity contribution in [2.75, 3.05) is 33.4 Å². The lowest BCUT2D eigenvalue weighted by atomic mass is 10.2. The summed E-state index contributed by atoms with van der Waals surface area (Å²) in [4.78, 5) is 2.16. The van der Waals surface area contributed by atoms with Gasteiger partial charge < -0.3 is 19.0 Å². The molecule has 0 fully saturated rings. The van der Waals surface area contributed by atoms with Crippen LogP contribution in [0.15, 0.2) is 22.8 Å². The average molecular weight is 299 g/mol. The third-order valence-corrected chi connectivity index (χ3v) is 2.96.